The maximum Gasteiger partial charge on any atom is 0.291 e. The molecule has 0 saturated carbocycles. The summed E-state index contributed by atoms with van der Waals surface area (Å²) < 4.78 is 24.7. The molecule has 0 aromatic carbocycles. The molecule has 0 bridgehead atoms. The van der Waals surface area contributed by atoms with Crippen molar-refractivity contribution in [3.05, 3.63) is 21.6 Å². The van der Waals surface area contributed by atoms with Gasteiger partial charge in [0.05, 0.1) is 0 Å². The highest BCUT2D eigenvalue weighted by molar-refractivity contribution is 7.99. The summed E-state index contributed by atoms with van der Waals surface area (Å²) in [5.41, 5.74) is 0.342. The quantitative estimate of drug-likeness (QED) is 0.648. The van der Waals surface area contributed by atoms with E-state index in [1.807, 2.05) is 4.90 Å². The van der Waals surface area contributed by atoms with Crippen LogP contribution in [-0.2, 0) is 11.2 Å². The lowest BCUT2D eigenvalue weighted by Gasteiger charge is -2.35. The Morgan fingerprint density at radius 2 is 2.00 bits per heavy atom. The molecule has 24 heavy (non-hydrogen) atoms. The van der Waals surface area contributed by atoms with E-state index in [1.165, 1.54) is 0 Å². The Labute approximate surface area is 144 Å². The molecule has 2 atom stereocenters. The molecular weight excluding hydrogens is 336 g/mol. The first-order valence-corrected chi connectivity index (χ1v) is 8.96. The summed E-state index contributed by atoms with van der Waals surface area (Å²) in [5, 5.41) is -0.0961. The van der Waals surface area contributed by atoms with E-state index in [-0.39, 0.29) is 35.7 Å². The second-order valence-electron chi connectivity index (χ2n) is 6.56. The third-order valence-corrected chi connectivity index (χ3v) is 4.81. The van der Waals surface area contributed by atoms with Gasteiger partial charge in [-0.05, 0) is 43.4 Å². The number of H-pyrrole nitrogens is 1. The molecule has 0 aliphatic carbocycles. The summed E-state index contributed by atoms with van der Waals surface area (Å²) >= 11 is 0.208. The van der Waals surface area contributed by atoms with Crippen molar-refractivity contribution in [1.29, 1.82) is 0 Å². The number of aromatic nitrogens is 2. The van der Waals surface area contributed by atoms with E-state index >= 15 is 0 Å². The smallest absolute Gasteiger partial charge is 0.291 e. The second kappa shape index (κ2) is 8.09. The summed E-state index contributed by atoms with van der Waals surface area (Å²) in [6.07, 6.45) is 1.62. The number of rotatable bonds is 5. The van der Waals surface area contributed by atoms with Gasteiger partial charge in [-0.1, -0.05) is 13.8 Å². The molecule has 8 heteroatoms. The molecule has 1 aromatic heterocycles. The standard InChI is InChI=1S/C16H23F2N3O2S/c1-9-6-10(2)8-21(7-9)13(22)5-4-12-11(3)19-16(20-14(12)23)24-15(17)18/h9-10,15H,4-8H2,1-3H3,(H,19,20,23). The van der Waals surface area contributed by atoms with Crippen molar-refractivity contribution in [2.75, 3.05) is 13.1 Å². The van der Waals surface area contributed by atoms with Crippen LogP contribution in [0, 0.1) is 18.8 Å². The Kier molecular flexibility index (Phi) is 6.37. The lowest BCUT2D eigenvalue weighted by atomic mass is 9.91. The van der Waals surface area contributed by atoms with Crippen LogP contribution < -0.4 is 5.56 Å². The van der Waals surface area contributed by atoms with Crippen molar-refractivity contribution in [3.8, 4) is 0 Å². The number of nitrogens with zero attached hydrogens (tertiary/aromatic N) is 2. The lowest BCUT2D eigenvalue weighted by Crippen LogP contribution is -2.42. The van der Waals surface area contributed by atoms with Crippen LogP contribution in [0.2, 0.25) is 0 Å². The van der Waals surface area contributed by atoms with Crippen LogP contribution in [0.5, 0.6) is 0 Å². The van der Waals surface area contributed by atoms with Gasteiger partial charge in [0.2, 0.25) is 5.91 Å². The molecule has 1 amide bonds. The SMILES string of the molecule is Cc1nc(SC(F)F)[nH]c(=O)c1CCC(=O)N1CC(C)CC(C)C1. The molecule has 1 saturated heterocycles. The first-order chi connectivity index (χ1) is 11.3. The maximum absolute atomic E-state index is 12.4. The number of hydrogen-bond donors (Lipinski definition) is 1. The molecule has 1 aliphatic heterocycles. The normalized spacial score (nSPS) is 21.3. The molecule has 5 nitrogen and oxygen atoms in total. The number of likely N-dealkylation sites (tertiary alicyclic amines) is 1. The fraction of sp³-hybridized carbons (Fsp3) is 0.688. The largest absolute Gasteiger partial charge is 0.342 e. The second-order valence-corrected chi connectivity index (χ2v) is 7.54. The number of halogens is 2. The number of piperidine rings is 1. The van der Waals surface area contributed by atoms with Crippen LogP contribution in [0.1, 0.15) is 37.9 Å². The molecule has 1 N–H and O–H groups in total. The maximum atomic E-state index is 12.4. The minimum Gasteiger partial charge on any atom is -0.342 e. The van der Waals surface area contributed by atoms with E-state index in [9.17, 15) is 18.4 Å². The Balaban J connectivity index is 2.01. The summed E-state index contributed by atoms with van der Waals surface area (Å²) in [5.74, 6) is -1.65. The van der Waals surface area contributed by atoms with Crippen molar-refractivity contribution < 1.29 is 13.6 Å². The number of thioether (sulfide) groups is 1. The highest BCUT2D eigenvalue weighted by Gasteiger charge is 2.25. The topological polar surface area (TPSA) is 66.1 Å². The van der Waals surface area contributed by atoms with Crippen molar-refractivity contribution >= 4 is 17.7 Å². The summed E-state index contributed by atoms with van der Waals surface area (Å²) in [6, 6.07) is 0. The Morgan fingerprint density at radius 1 is 1.38 bits per heavy atom. The van der Waals surface area contributed by atoms with Gasteiger partial charge in [-0.3, -0.25) is 9.59 Å². The predicted molar refractivity (Wildman–Crippen MR) is 89.3 cm³/mol. The van der Waals surface area contributed by atoms with E-state index in [0.29, 0.717) is 23.1 Å². The van der Waals surface area contributed by atoms with Gasteiger partial charge in [-0.2, -0.15) is 8.78 Å². The van der Waals surface area contributed by atoms with Gasteiger partial charge >= 0.3 is 0 Å². The molecule has 2 heterocycles. The van der Waals surface area contributed by atoms with Gasteiger partial charge in [-0.15, -0.1) is 0 Å². The Hall–Kier alpha value is -1.44. The average Bonchev–Trinajstić information content (AvgIpc) is 2.44. The van der Waals surface area contributed by atoms with E-state index in [4.69, 9.17) is 0 Å². The van der Waals surface area contributed by atoms with Crippen LogP contribution in [0.4, 0.5) is 8.78 Å². The molecule has 1 aromatic rings. The van der Waals surface area contributed by atoms with Crippen molar-refractivity contribution in [3.63, 3.8) is 0 Å². The number of aryl methyl sites for hydroxylation is 1. The molecule has 0 spiro atoms. The average molecular weight is 359 g/mol. The number of aromatic amines is 1. The van der Waals surface area contributed by atoms with Crippen molar-refractivity contribution in [1.82, 2.24) is 14.9 Å². The number of carbonyl (C=O) groups is 1. The third-order valence-electron chi connectivity index (χ3n) is 4.21. The van der Waals surface area contributed by atoms with Crippen LogP contribution in [0.15, 0.2) is 9.95 Å². The summed E-state index contributed by atoms with van der Waals surface area (Å²) in [7, 11) is 0. The van der Waals surface area contributed by atoms with Crippen LogP contribution in [-0.4, -0.2) is 39.6 Å². The monoisotopic (exact) mass is 359 g/mol. The minimum atomic E-state index is -2.64. The first kappa shape index (κ1) is 18.9. The highest BCUT2D eigenvalue weighted by atomic mass is 32.2. The third kappa shape index (κ3) is 5.03. The Morgan fingerprint density at radius 3 is 2.54 bits per heavy atom. The van der Waals surface area contributed by atoms with Gasteiger partial charge in [0.25, 0.3) is 11.3 Å². The van der Waals surface area contributed by atoms with Gasteiger partial charge in [-0.25, -0.2) is 4.98 Å². The first-order valence-electron chi connectivity index (χ1n) is 8.08. The number of alkyl halides is 2. The molecule has 134 valence electrons. The molecule has 1 aliphatic rings. The zero-order valence-corrected chi connectivity index (χ0v) is 15.0. The number of amides is 1. The van der Waals surface area contributed by atoms with E-state index < -0.39 is 11.3 Å². The predicted octanol–water partition coefficient (Wildman–Crippen LogP) is 2.83. The molecule has 1 fully saturated rings. The minimum absolute atomic E-state index is 0.0261. The van der Waals surface area contributed by atoms with Gasteiger partial charge in [0.1, 0.15) is 0 Å². The molecular formula is C16H23F2N3O2S. The summed E-state index contributed by atoms with van der Waals surface area (Å²) in [4.78, 5) is 32.7. The van der Waals surface area contributed by atoms with Gasteiger partial charge in [0, 0.05) is 30.8 Å². The zero-order valence-electron chi connectivity index (χ0n) is 14.1. The number of carbonyl (C=O) groups excluding carboxylic acids is 1. The van der Waals surface area contributed by atoms with Crippen LogP contribution >= 0.6 is 11.8 Å². The summed E-state index contributed by atoms with van der Waals surface area (Å²) in [6.45, 7) is 7.37. The van der Waals surface area contributed by atoms with E-state index in [0.717, 1.165) is 19.5 Å². The lowest BCUT2D eigenvalue weighted by molar-refractivity contribution is -0.133. The van der Waals surface area contributed by atoms with E-state index in [2.05, 4.69) is 23.8 Å². The zero-order chi connectivity index (χ0) is 17.9. The van der Waals surface area contributed by atoms with Crippen LogP contribution in [0.3, 0.4) is 0 Å². The van der Waals surface area contributed by atoms with Crippen LogP contribution in [0.25, 0.3) is 0 Å². The highest BCUT2D eigenvalue weighted by Crippen LogP contribution is 2.23. The van der Waals surface area contributed by atoms with Gasteiger partial charge in [0.15, 0.2) is 5.16 Å². The van der Waals surface area contributed by atoms with E-state index in [1.54, 1.807) is 6.92 Å². The molecule has 2 rings (SSSR count). The van der Waals surface area contributed by atoms with Crippen molar-refractivity contribution in [2.45, 2.75) is 50.9 Å². The number of nitrogens with one attached hydrogen (secondary N) is 1. The number of hydrogen-bond acceptors (Lipinski definition) is 4. The van der Waals surface area contributed by atoms with Gasteiger partial charge < -0.3 is 9.88 Å². The molecule has 0 radical (unpaired) electrons. The fourth-order valence-corrected chi connectivity index (χ4v) is 3.79. The van der Waals surface area contributed by atoms with Crippen molar-refractivity contribution in [2.24, 2.45) is 11.8 Å². The molecule has 2 unspecified atom stereocenters. The Bertz CT molecular complexity index is 641. The fourth-order valence-electron chi connectivity index (χ4n) is 3.28.